The molecule has 2 heterocycles. The van der Waals surface area contributed by atoms with E-state index in [1.54, 1.807) is 31.2 Å². The van der Waals surface area contributed by atoms with Gasteiger partial charge in [0.25, 0.3) is 11.6 Å². The fourth-order valence-corrected chi connectivity index (χ4v) is 4.00. The number of nitrogens with one attached hydrogen (secondary N) is 1. The van der Waals surface area contributed by atoms with Crippen LogP contribution in [0, 0.1) is 15.9 Å². The van der Waals surface area contributed by atoms with Crippen molar-refractivity contribution in [1.82, 2.24) is 4.90 Å². The van der Waals surface area contributed by atoms with Crippen LogP contribution in [0.3, 0.4) is 0 Å². The number of hydrogen-bond donors (Lipinski definition) is 1. The van der Waals surface area contributed by atoms with Gasteiger partial charge in [-0.1, -0.05) is 12.1 Å². The van der Waals surface area contributed by atoms with Crippen LogP contribution in [0.4, 0.5) is 21.5 Å². The minimum Gasteiger partial charge on any atom is -0.322 e. The van der Waals surface area contributed by atoms with Crippen molar-refractivity contribution in [2.45, 2.75) is 25.4 Å². The van der Waals surface area contributed by atoms with Crippen LogP contribution in [0.5, 0.6) is 0 Å². The SMILES string of the molecule is CC12CCC(=O)N1c1ccccc1C(=O)N2CC(=O)Nc1cc([N+](=O)[O-])ccc1F. The molecule has 0 bridgehead atoms. The molecule has 1 N–H and O–H groups in total. The predicted octanol–water partition coefficient (Wildman–Crippen LogP) is 2.67. The van der Waals surface area contributed by atoms with Gasteiger partial charge in [0, 0.05) is 18.6 Å². The maximum Gasteiger partial charge on any atom is 0.271 e. The van der Waals surface area contributed by atoms with Gasteiger partial charge >= 0.3 is 0 Å². The van der Waals surface area contributed by atoms with Gasteiger partial charge in [-0.2, -0.15) is 0 Å². The highest BCUT2D eigenvalue weighted by atomic mass is 19.1. The fraction of sp³-hybridized carbons (Fsp3) is 0.250. The molecule has 1 unspecified atom stereocenters. The highest BCUT2D eigenvalue weighted by Crippen LogP contribution is 2.43. The van der Waals surface area contributed by atoms with Crippen molar-refractivity contribution in [3.63, 3.8) is 0 Å². The lowest BCUT2D eigenvalue weighted by molar-refractivity contribution is -0.384. The standard InChI is InChI=1S/C20H17FN4O5/c1-20-9-8-18(27)24(20)16-5-3-2-4-13(16)19(28)23(20)11-17(26)22-15-10-12(25(29)30)6-7-14(15)21/h2-7,10H,8-9,11H2,1H3,(H,22,26). The molecule has 0 aromatic heterocycles. The lowest BCUT2D eigenvalue weighted by atomic mass is 9.98. The second kappa shape index (κ2) is 6.90. The van der Waals surface area contributed by atoms with Crippen LogP contribution in [0.25, 0.3) is 0 Å². The van der Waals surface area contributed by atoms with E-state index in [9.17, 15) is 28.9 Å². The van der Waals surface area contributed by atoms with Gasteiger partial charge in [-0.3, -0.25) is 29.4 Å². The maximum absolute atomic E-state index is 14.0. The molecule has 154 valence electrons. The van der Waals surface area contributed by atoms with Crippen LogP contribution in [0.1, 0.15) is 30.1 Å². The molecule has 2 aromatic rings. The first-order valence-corrected chi connectivity index (χ1v) is 9.20. The number of benzene rings is 2. The van der Waals surface area contributed by atoms with Gasteiger partial charge in [0.2, 0.25) is 11.8 Å². The average Bonchev–Trinajstić information content (AvgIpc) is 3.02. The Balaban J connectivity index is 1.64. The van der Waals surface area contributed by atoms with E-state index in [2.05, 4.69) is 5.32 Å². The van der Waals surface area contributed by atoms with E-state index in [4.69, 9.17) is 0 Å². The summed E-state index contributed by atoms with van der Waals surface area (Å²) in [7, 11) is 0. The quantitative estimate of drug-likeness (QED) is 0.613. The van der Waals surface area contributed by atoms with E-state index < -0.39 is 34.8 Å². The molecular formula is C20H17FN4O5. The number of nitro groups is 1. The molecule has 2 aliphatic rings. The molecule has 0 radical (unpaired) electrons. The summed E-state index contributed by atoms with van der Waals surface area (Å²) in [6.07, 6.45) is 0.556. The van der Waals surface area contributed by atoms with Crippen molar-refractivity contribution in [3.05, 3.63) is 64.0 Å². The number of carbonyl (C=O) groups excluding carboxylic acids is 3. The minimum absolute atomic E-state index is 0.160. The molecule has 1 saturated heterocycles. The van der Waals surface area contributed by atoms with E-state index in [1.165, 1.54) is 9.80 Å². The summed E-state index contributed by atoms with van der Waals surface area (Å²) in [5, 5.41) is 13.2. The molecule has 2 aliphatic heterocycles. The van der Waals surface area contributed by atoms with E-state index in [0.29, 0.717) is 17.7 Å². The first-order chi connectivity index (χ1) is 14.2. The number of fused-ring (bicyclic) bond motifs is 3. The number of hydrogen-bond acceptors (Lipinski definition) is 5. The van der Waals surface area contributed by atoms with Crippen LogP contribution in [0.2, 0.25) is 0 Å². The Morgan fingerprint density at radius 1 is 1.27 bits per heavy atom. The summed E-state index contributed by atoms with van der Waals surface area (Å²) < 4.78 is 14.0. The molecule has 30 heavy (non-hydrogen) atoms. The number of carbonyl (C=O) groups is 3. The van der Waals surface area contributed by atoms with Gasteiger partial charge in [0.15, 0.2) is 0 Å². The molecule has 9 nitrogen and oxygen atoms in total. The van der Waals surface area contributed by atoms with Crippen LogP contribution in [0.15, 0.2) is 42.5 Å². The van der Waals surface area contributed by atoms with E-state index >= 15 is 0 Å². The first-order valence-electron chi connectivity index (χ1n) is 9.20. The molecule has 1 atom stereocenters. The molecule has 2 aromatic carbocycles. The van der Waals surface area contributed by atoms with E-state index in [-0.39, 0.29) is 23.7 Å². The number of amides is 3. The molecule has 0 aliphatic carbocycles. The molecule has 1 fully saturated rings. The molecule has 4 rings (SSSR count). The van der Waals surface area contributed by atoms with Gasteiger partial charge < -0.3 is 10.2 Å². The van der Waals surface area contributed by atoms with Crippen molar-refractivity contribution in [2.75, 3.05) is 16.8 Å². The number of para-hydroxylation sites is 1. The highest BCUT2D eigenvalue weighted by Gasteiger charge is 2.53. The number of nitro benzene ring substituents is 1. The number of rotatable bonds is 4. The van der Waals surface area contributed by atoms with Crippen LogP contribution < -0.4 is 10.2 Å². The Morgan fingerprint density at radius 2 is 2.00 bits per heavy atom. The minimum atomic E-state index is -1.04. The van der Waals surface area contributed by atoms with Gasteiger partial charge in [0.1, 0.15) is 18.0 Å². The van der Waals surface area contributed by atoms with Crippen LogP contribution >= 0.6 is 0 Å². The normalized spacial score (nSPS) is 20.1. The number of non-ortho nitro benzene ring substituents is 1. The average molecular weight is 412 g/mol. The monoisotopic (exact) mass is 412 g/mol. The molecular weight excluding hydrogens is 395 g/mol. The predicted molar refractivity (Wildman–Crippen MR) is 104 cm³/mol. The summed E-state index contributed by atoms with van der Waals surface area (Å²) in [6.45, 7) is 1.25. The zero-order valence-corrected chi connectivity index (χ0v) is 15.9. The summed E-state index contributed by atoms with van der Waals surface area (Å²) in [4.78, 5) is 51.3. The summed E-state index contributed by atoms with van der Waals surface area (Å²) >= 11 is 0. The third-order valence-corrected chi connectivity index (χ3v) is 5.48. The van der Waals surface area contributed by atoms with Crippen molar-refractivity contribution in [2.24, 2.45) is 0 Å². The molecule has 3 amide bonds. The van der Waals surface area contributed by atoms with Gasteiger partial charge in [0.05, 0.1) is 21.9 Å². The third kappa shape index (κ3) is 2.97. The second-order valence-electron chi connectivity index (χ2n) is 7.32. The molecule has 0 spiro atoms. The summed E-state index contributed by atoms with van der Waals surface area (Å²) in [5.74, 6) is -2.16. The second-order valence-corrected chi connectivity index (χ2v) is 7.32. The van der Waals surface area contributed by atoms with Gasteiger partial charge in [-0.05, 0) is 31.5 Å². The Bertz CT molecular complexity index is 1100. The lowest BCUT2D eigenvalue weighted by Gasteiger charge is -2.48. The Hall–Kier alpha value is -3.82. The van der Waals surface area contributed by atoms with Crippen LogP contribution in [-0.4, -0.2) is 39.8 Å². The number of anilines is 2. The van der Waals surface area contributed by atoms with Gasteiger partial charge in [-0.15, -0.1) is 0 Å². The van der Waals surface area contributed by atoms with Crippen molar-refractivity contribution in [1.29, 1.82) is 0 Å². The van der Waals surface area contributed by atoms with Crippen molar-refractivity contribution in [3.8, 4) is 0 Å². The van der Waals surface area contributed by atoms with E-state index in [1.807, 2.05) is 0 Å². The third-order valence-electron chi connectivity index (χ3n) is 5.48. The Morgan fingerprint density at radius 3 is 2.73 bits per heavy atom. The zero-order chi connectivity index (χ0) is 21.6. The maximum atomic E-state index is 14.0. The van der Waals surface area contributed by atoms with Crippen LogP contribution in [-0.2, 0) is 9.59 Å². The Kier molecular flexibility index (Phi) is 4.49. The van der Waals surface area contributed by atoms with Gasteiger partial charge in [-0.25, -0.2) is 4.39 Å². The molecule has 0 saturated carbocycles. The van der Waals surface area contributed by atoms with Crippen molar-refractivity contribution >= 4 is 34.8 Å². The first kappa shape index (κ1) is 19.5. The smallest absolute Gasteiger partial charge is 0.271 e. The number of nitrogens with zero attached hydrogens (tertiary/aromatic N) is 3. The summed E-state index contributed by atoms with van der Waals surface area (Å²) in [6, 6.07) is 9.43. The Labute approximate surface area is 170 Å². The molecule has 10 heteroatoms. The fourth-order valence-electron chi connectivity index (χ4n) is 4.00. The summed E-state index contributed by atoms with van der Waals surface area (Å²) in [5.41, 5.74) is -0.993. The van der Waals surface area contributed by atoms with Crippen molar-refractivity contribution < 1.29 is 23.7 Å². The lowest BCUT2D eigenvalue weighted by Crippen LogP contribution is -2.63. The van der Waals surface area contributed by atoms with E-state index in [0.717, 1.165) is 18.2 Å². The largest absolute Gasteiger partial charge is 0.322 e. The highest BCUT2D eigenvalue weighted by molar-refractivity contribution is 6.11. The zero-order valence-electron chi connectivity index (χ0n) is 15.9. The number of halogens is 1. The topological polar surface area (TPSA) is 113 Å².